The van der Waals surface area contributed by atoms with E-state index in [-0.39, 0.29) is 0 Å². The molecule has 0 spiro atoms. The molecule has 1 aliphatic heterocycles. The third kappa shape index (κ3) is 1.76. The summed E-state index contributed by atoms with van der Waals surface area (Å²) in [5.41, 5.74) is 7.62. The average Bonchev–Trinajstić information content (AvgIpc) is 2.80. The summed E-state index contributed by atoms with van der Waals surface area (Å²) in [6, 6.07) is 2.54. The second kappa shape index (κ2) is 4.00. The van der Waals surface area contributed by atoms with Gasteiger partial charge in [-0.1, -0.05) is 0 Å². The van der Waals surface area contributed by atoms with Gasteiger partial charge in [-0.2, -0.15) is 0 Å². The van der Waals surface area contributed by atoms with Gasteiger partial charge in [0.1, 0.15) is 0 Å². The van der Waals surface area contributed by atoms with E-state index in [1.54, 1.807) is 12.4 Å². The number of fused-ring (bicyclic) bond motifs is 1. The van der Waals surface area contributed by atoms with Crippen LogP contribution < -0.4 is 10.6 Å². The van der Waals surface area contributed by atoms with Crippen molar-refractivity contribution in [2.45, 2.75) is 19.4 Å². The molecule has 4 nitrogen and oxygen atoms in total. The van der Waals surface area contributed by atoms with Gasteiger partial charge < -0.3 is 10.6 Å². The summed E-state index contributed by atoms with van der Waals surface area (Å²) in [6.45, 7) is 3.17. The summed E-state index contributed by atoms with van der Waals surface area (Å²) >= 11 is 1.84. The molecule has 3 heterocycles. The summed E-state index contributed by atoms with van der Waals surface area (Å²) in [7, 11) is 0. The number of nitrogens with zero attached hydrogens (tertiary/aromatic N) is 3. The van der Waals surface area contributed by atoms with E-state index in [1.165, 1.54) is 10.4 Å². The van der Waals surface area contributed by atoms with E-state index in [2.05, 4.69) is 33.2 Å². The Labute approximate surface area is 104 Å². The topological polar surface area (TPSA) is 55.0 Å². The van der Waals surface area contributed by atoms with Crippen LogP contribution in [0, 0.1) is 0 Å². The minimum absolute atomic E-state index is 0.341. The molecule has 2 N–H and O–H groups in total. The quantitative estimate of drug-likeness (QED) is 0.838. The van der Waals surface area contributed by atoms with Crippen molar-refractivity contribution >= 4 is 23.0 Å². The van der Waals surface area contributed by atoms with Crippen molar-refractivity contribution < 1.29 is 0 Å². The number of anilines is 2. The summed E-state index contributed by atoms with van der Waals surface area (Å²) in [5.74, 6) is 0.767. The van der Waals surface area contributed by atoms with E-state index in [0.717, 1.165) is 18.9 Å². The van der Waals surface area contributed by atoms with Crippen LogP contribution in [0.15, 0.2) is 23.8 Å². The number of nitrogen functional groups attached to an aromatic ring is 1. The van der Waals surface area contributed by atoms with E-state index in [4.69, 9.17) is 5.73 Å². The average molecular weight is 246 g/mol. The molecular formula is C12H14N4S. The largest absolute Gasteiger partial charge is 0.396 e. The molecule has 88 valence electrons. The van der Waals surface area contributed by atoms with E-state index in [1.807, 2.05) is 11.3 Å². The van der Waals surface area contributed by atoms with Gasteiger partial charge in [0.25, 0.3) is 0 Å². The first-order valence-electron chi connectivity index (χ1n) is 5.66. The van der Waals surface area contributed by atoms with E-state index < -0.39 is 0 Å². The SMILES string of the molecule is CC1c2ccsc2CCN1c1ncc(N)cn1. The molecule has 5 heteroatoms. The molecule has 2 aromatic rings. The van der Waals surface area contributed by atoms with Crippen molar-refractivity contribution in [3.8, 4) is 0 Å². The highest BCUT2D eigenvalue weighted by atomic mass is 32.1. The fraction of sp³-hybridized carbons (Fsp3) is 0.333. The highest BCUT2D eigenvalue weighted by Crippen LogP contribution is 2.34. The molecular weight excluding hydrogens is 232 g/mol. The molecule has 1 aliphatic rings. The molecule has 0 saturated heterocycles. The highest BCUT2D eigenvalue weighted by molar-refractivity contribution is 7.10. The standard InChI is InChI=1S/C12H14N4S/c1-8-10-3-5-17-11(10)2-4-16(8)12-14-6-9(13)7-15-12/h3,5-8H,2,4,13H2,1H3. The van der Waals surface area contributed by atoms with Crippen LogP contribution in [0.5, 0.6) is 0 Å². The van der Waals surface area contributed by atoms with Gasteiger partial charge in [0.05, 0.1) is 24.1 Å². The van der Waals surface area contributed by atoms with Gasteiger partial charge in [-0.05, 0) is 30.4 Å². The Hall–Kier alpha value is -1.62. The fourth-order valence-electron chi connectivity index (χ4n) is 2.26. The monoisotopic (exact) mass is 246 g/mol. The van der Waals surface area contributed by atoms with Gasteiger partial charge in [-0.15, -0.1) is 11.3 Å². The van der Waals surface area contributed by atoms with E-state index in [0.29, 0.717) is 11.7 Å². The van der Waals surface area contributed by atoms with Crippen molar-refractivity contribution in [1.29, 1.82) is 0 Å². The molecule has 0 radical (unpaired) electrons. The van der Waals surface area contributed by atoms with E-state index in [9.17, 15) is 0 Å². The Morgan fingerprint density at radius 2 is 2.18 bits per heavy atom. The normalized spacial score (nSPS) is 19.1. The predicted molar refractivity (Wildman–Crippen MR) is 70.2 cm³/mol. The van der Waals surface area contributed by atoms with Crippen LogP contribution in [0.25, 0.3) is 0 Å². The summed E-state index contributed by atoms with van der Waals surface area (Å²) in [5, 5.41) is 2.16. The zero-order valence-corrected chi connectivity index (χ0v) is 10.4. The van der Waals surface area contributed by atoms with Crippen molar-refractivity contribution in [1.82, 2.24) is 9.97 Å². The second-order valence-electron chi connectivity index (χ2n) is 4.23. The van der Waals surface area contributed by atoms with E-state index >= 15 is 0 Å². The Morgan fingerprint density at radius 3 is 2.94 bits per heavy atom. The molecule has 1 unspecified atom stereocenters. The van der Waals surface area contributed by atoms with Crippen LogP contribution in [-0.2, 0) is 6.42 Å². The van der Waals surface area contributed by atoms with Gasteiger partial charge in [-0.3, -0.25) is 0 Å². The molecule has 0 bridgehead atoms. The summed E-state index contributed by atoms with van der Waals surface area (Å²) in [4.78, 5) is 12.3. The zero-order valence-electron chi connectivity index (χ0n) is 9.63. The number of aromatic nitrogens is 2. The minimum Gasteiger partial charge on any atom is -0.396 e. The lowest BCUT2D eigenvalue weighted by molar-refractivity contribution is 0.616. The minimum atomic E-state index is 0.341. The molecule has 2 aromatic heterocycles. The maximum Gasteiger partial charge on any atom is 0.225 e. The van der Waals surface area contributed by atoms with Crippen LogP contribution in [0.3, 0.4) is 0 Å². The molecule has 0 aromatic carbocycles. The van der Waals surface area contributed by atoms with Crippen molar-refractivity contribution in [3.05, 3.63) is 34.3 Å². The van der Waals surface area contributed by atoms with Crippen LogP contribution in [0.2, 0.25) is 0 Å². The first kappa shape index (κ1) is 10.5. The van der Waals surface area contributed by atoms with Gasteiger partial charge in [-0.25, -0.2) is 9.97 Å². The van der Waals surface area contributed by atoms with Crippen molar-refractivity contribution in [2.24, 2.45) is 0 Å². The number of thiophene rings is 1. The van der Waals surface area contributed by atoms with Gasteiger partial charge in [0, 0.05) is 11.4 Å². The molecule has 0 amide bonds. The van der Waals surface area contributed by atoms with Crippen molar-refractivity contribution in [2.75, 3.05) is 17.2 Å². The van der Waals surface area contributed by atoms with Gasteiger partial charge >= 0.3 is 0 Å². The summed E-state index contributed by atoms with van der Waals surface area (Å²) < 4.78 is 0. The molecule has 3 rings (SSSR count). The lowest BCUT2D eigenvalue weighted by Gasteiger charge is -2.33. The van der Waals surface area contributed by atoms with Gasteiger partial charge in [0.15, 0.2) is 0 Å². The third-order valence-corrected chi connectivity index (χ3v) is 4.19. The first-order chi connectivity index (χ1) is 8.25. The molecule has 0 fully saturated rings. The summed E-state index contributed by atoms with van der Waals surface area (Å²) in [6.07, 6.45) is 4.40. The predicted octanol–water partition coefficient (Wildman–Crippen LogP) is 2.24. The molecule has 0 aliphatic carbocycles. The second-order valence-corrected chi connectivity index (χ2v) is 5.24. The van der Waals surface area contributed by atoms with Crippen molar-refractivity contribution in [3.63, 3.8) is 0 Å². The number of hydrogen-bond donors (Lipinski definition) is 1. The Kier molecular flexibility index (Phi) is 2.48. The van der Waals surface area contributed by atoms with Gasteiger partial charge in [0.2, 0.25) is 5.95 Å². The highest BCUT2D eigenvalue weighted by Gasteiger charge is 2.26. The number of hydrogen-bond acceptors (Lipinski definition) is 5. The zero-order chi connectivity index (χ0) is 11.8. The lowest BCUT2D eigenvalue weighted by atomic mass is 10.0. The molecule has 1 atom stereocenters. The van der Waals surface area contributed by atoms with Crippen LogP contribution in [0.1, 0.15) is 23.4 Å². The van der Waals surface area contributed by atoms with Crippen LogP contribution in [-0.4, -0.2) is 16.5 Å². The van der Waals surface area contributed by atoms with Crippen LogP contribution >= 0.6 is 11.3 Å². The lowest BCUT2D eigenvalue weighted by Crippen LogP contribution is -2.34. The Morgan fingerprint density at radius 1 is 1.41 bits per heavy atom. The number of rotatable bonds is 1. The maximum absolute atomic E-state index is 5.61. The molecule has 0 saturated carbocycles. The first-order valence-corrected chi connectivity index (χ1v) is 6.54. The Bertz CT molecular complexity index is 520. The smallest absolute Gasteiger partial charge is 0.225 e. The third-order valence-electron chi connectivity index (χ3n) is 3.19. The van der Waals surface area contributed by atoms with Crippen LogP contribution in [0.4, 0.5) is 11.6 Å². The Balaban J connectivity index is 1.93. The number of nitrogens with two attached hydrogens (primary N) is 1. The maximum atomic E-state index is 5.61. The molecule has 17 heavy (non-hydrogen) atoms. The fourth-order valence-corrected chi connectivity index (χ4v) is 3.22.